The van der Waals surface area contributed by atoms with Crippen LogP contribution in [0.25, 0.3) is 0 Å². The molecule has 19 heavy (non-hydrogen) atoms. The molecule has 0 aliphatic heterocycles. The zero-order chi connectivity index (χ0) is 13.3. The molecule has 0 fully saturated rings. The number of aliphatic hydroxyl groups is 1. The largest absolute Gasteiger partial charge is 0.356 e. The molecule has 0 aromatic heterocycles. The number of hydrogen-bond acceptors (Lipinski definition) is 3. The molecular formula is C16H23NO2. The average Bonchev–Trinajstić information content (AvgIpc) is 2.41. The minimum Gasteiger partial charge on any atom is -0.356 e. The Bertz CT molecular complexity index is 378. The standard InChI is InChI=1S/C16H23NO2/c18-16(17-13-14-9-5-4-6-10-14)19-15-11-7-2-1-3-8-12-15/h4-7,9-11,15-18H,1-3,8,12-13H2/b11-7+. The zero-order valence-corrected chi connectivity index (χ0v) is 11.3. The summed E-state index contributed by atoms with van der Waals surface area (Å²) in [7, 11) is 0. The normalized spacial score (nSPS) is 23.3. The Morgan fingerprint density at radius 3 is 2.89 bits per heavy atom. The quantitative estimate of drug-likeness (QED) is 0.632. The monoisotopic (exact) mass is 261 g/mol. The fraction of sp³-hybridized carbons (Fsp3) is 0.500. The second-order valence-corrected chi connectivity index (χ2v) is 4.96. The van der Waals surface area contributed by atoms with E-state index >= 15 is 0 Å². The molecule has 0 amide bonds. The van der Waals surface area contributed by atoms with Crippen molar-refractivity contribution < 1.29 is 9.84 Å². The van der Waals surface area contributed by atoms with Crippen LogP contribution >= 0.6 is 0 Å². The van der Waals surface area contributed by atoms with Crippen LogP contribution in [0.4, 0.5) is 0 Å². The van der Waals surface area contributed by atoms with Gasteiger partial charge in [0.05, 0.1) is 6.10 Å². The summed E-state index contributed by atoms with van der Waals surface area (Å²) < 4.78 is 5.61. The van der Waals surface area contributed by atoms with Gasteiger partial charge in [0, 0.05) is 6.54 Å². The minimum absolute atomic E-state index is 0.0265. The summed E-state index contributed by atoms with van der Waals surface area (Å²) in [5.74, 6) is 0. The molecule has 2 unspecified atom stereocenters. The molecule has 1 aromatic carbocycles. The van der Waals surface area contributed by atoms with Crippen molar-refractivity contribution in [2.45, 2.75) is 51.2 Å². The molecule has 2 N–H and O–H groups in total. The highest BCUT2D eigenvalue weighted by Crippen LogP contribution is 2.14. The maximum atomic E-state index is 9.86. The molecule has 0 spiro atoms. The lowest BCUT2D eigenvalue weighted by Gasteiger charge is -2.21. The molecule has 0 saturated carbocycles. The maximum Gasteiger partial charge on any atom is 0.214 e. The van der Waals surface area contributed by atoms with Crippen LogP contribution in [0.15, 0.2) is 42.5 Å². The van der Waals surface area contributed by atoms with Crippen LogP contribution in [-0.4, -0.2) is 17.6 Å². The number of rotatable bonds is 5. The lowest BCUT2D eigenvalue weighted by molar-refractivity contribution is -0.144. The first-order valence-electron chi connectivity index (χ1n) is 7.12. The highest BCUT2D eigenvalue weighted by molar-refractivity contribution is 5.14. The average molecular weight is 261 g/mol. The van der Waals surface area contributed by atoms with Gasteiger partial charge in [-0.15, -0.1) is 0 Å². The van der Waals surface area contributed by atoms with E-state index in [1.807, 2.05) is 30.3 Å². The van der Waals surface area contributed by atoms with Crippen molar-refractivity contribution in [1.82, 2.24) is 5.32 Å². The maximum absolute atomic E-state index is 9.86. The molecule has 0 radical (unpaired) electrons. The number of allylic oxidation sites excluding steroid dienone is 1. The Labute approximate surface area is 115 Å². The summed E-state index contributed by atoms with van der Waals surface area (Å²) in [6.45, 7) is 0.610. The molecule has 0 bridgehead atoms. The van der Waals surface area contributed by atoms with Gasteiger partial charge in [-0.1, -0.05) is 55.3 Å². The Morgan fingerprint density at radius 1 is 1.21 bits per heavy atom. The molecule has 1 aliphatic carbocycles. The first kappa shape index (κ1) is 14.3. The first-order valence-corrected chi connectivity index (χ1v) is 7.12. The van der Waals surface area contributed by atoms with E-state index in [0.29, 0.717) is 6.54 Å². The van der Waals surface area contributed by atoms with Crippen LogP contribution in [0.1, 0.15) is 37.7 Å². The van der Waals surface area contributed by atoms with Gasteiger partial charge in [-0.05, 0) is 24.8 Å². The summed E-state index contributed by atoms with van der Waals surface area (Å²) >= 11 is 0. The number of nitrogens with one attached hydrogen (secondary N) is 1. The lowest BCUT2D eigenvalue weighted by Crippen LogP contribution is -2.34. The van der Waals surface area contributed by atoms with Crippen LogP contribution in [0, 0.1) is 0 Å². The molecule has 3 nitrogen and oxygen atoms in total. The van der Waals surface area contributed by atoms with Gasteiger partial charge in [-0.2, -0.15) is 0 Å². The second-order valence-electron chi connectivity index (χ2n) is 4.96. The van der Waals surface area contributed by atoms with Gasteiger partial charge in [-0.3, -0.25) is 5.32 Å². The summed E-state index contributed by atoms with van der Waals surface area (Å²) in [6.07, 6.45) is 9.14. The Balaban J connectivity index is 1.73. The molecule has 104 valence electrons. The molecule has 0 heterocycles. The van der Waals surface area contributed by atoms with E-state index in [-0.39, 0.29) is 6.10 Å². The summed E-state index contributed by atoms with van der Waals surface area (Å²) in [4.78, 5) is 0. The first-order chi connectivity index (χ1) is 9.34. The van der Waals surface area contributed by atoms with Crippen molar-refractivity contribution in [3.05, 3.63) is 48.0 Å². The Kier molecular flexibility index (Phi) is 6.08. The van der Waals surface area contributed by atoms with Gasteiger partial charge in [0.25, 0.3) is 0 Å². The molecule has 1 aromatic rings. The van der Waals surface area contributed by atoms with Crippen LogP contribution in [0.2, 0.25) is 0 Å². The van der Waals surface area contributed by atoms with Crippen molar-refractivity contribution in [2.24, 2.45) is 0 Å². The summed E-state index contributed by atoms with van der Waals surface area (Å²) in [6, 6.07) is 10.0. The summed E-state index contributed by atoms with van der Waals surface area (Å²) in [5.41, 5.74) is 1.14. The smallest absolute Gasteiger partial charge is 0.214 e. The van der Waals surface area contributed by atoms with Gasteiger partial charge < -0.3 is 9.84 Å². The third kappa shape index (κ3) is 5.55. The number of hydrogen-bond donors (Lipinski definition) is 2. The third-order valence-corrected chi connectivity index (χ3v) is 3.34. The zero-order valence-electron chi connectivity index (χ0n) is 11.3. The van der Waals surface area contributed by atoms with E-state index in [1.54, 1.807) is 0 Å². The Hall–Kier alpha value is -1.16. The fourth-order valence-electron chi connectivity index (χ4n) is 2.26. The minimum atomic E-state index is -0.908. The van der Waals surface area contributed by atoms with E-state index in [9.17, 15) is 5.11 Å². The van der Waals surface area contributed by atoms with E-state index in [4.69, 9.17) is 4.74 Å². The lowest BCUT2D eigenvalue weighted by atomic mass is 10.0. The van der Waals surface area contributed by atoms with Crippen LogP contribution < -0.4 is 5.32 Å². The van der Waals surface area contributed by atoms with Crippen molar-refractivity contribution in [1.29, 1.82) is 0 Å². The molecule has 0 saturated heterocycles. The predicted octanol–water partition coefficient (Wildman–Crippen LogP) is 2.96. The van der Waals surface area contributed by atoms with Gasteiger partial charge in [0.1, 0.15) is 0 Å². The topological polar surface area (TPSA) is 41.5 Å². The van der Waals surface area contributed by atoms with Crippen molar-refractivity contribution >= 4 is 0 Å². The van der Waals surface area contributed by atoms with Crippen LogP contribution in [-0.2, 0) is 11.3 Å². The number of benzene rings is 1. The highest BCUT2D eigenvalue weighted by atomic mass is 16.6. The van der Waals surface area contributed by atoms with E-state index in [2.05, 4.69) is 17.5 Å². The Morgan fingerprint density at radius 2 is 2.05 bits per heavy atom. The molecular weight excluding hydrogens is 238 g/mol. The summed E-state index contributed by atoms with van der Waals surface area (Å²) in [5, 5.41) is 12.8. The van der Waals surface area contributed by atoms with Gasteiger partial charge in [-0.25, -0.2) is 0 Å². The highest BCUT2D eigenvalue weighted by Gasteiger charge is 2.12. The molecule has 3 heteroatoms. The fourth-order valence-corrected chi connectivity index (χ4v) is 2.26. The molecule has 1 aliphatic rings. The second kappa shape index (κ2) is 8.10. The van der Waals surface area contributed by atoms with Crippen molar-refractivity contribution in [3.8, 4) is 0 Å². The van der Waals surface area contributed by atoms with E-state index < -0.39 is 6.41 Å². The van der Waals surface area contributed by atoms with Gasteiger partial charge >= 0.3 is 0 Å². The SMILES string of the molecule is OC(NCc1ccccc1)OC1/C=C/CCCCC1. The van der Waals surface area contributed by atoms with E-state index in [1.165, 1.54) is 19.3 Å². The molecule has 2 atom stereocenters. The third-order valence-electron chi connectivity index (χ3n) is 3.34. The van der Waals surface area contributed by atoms with Gasteiger partial charge in [0.15, 0.2) is 0 Å². The van der Waals surface area contributed by atoms with Crippen molar-refractivity contribution in [2.75, 3.05) is 0 Å². The molecule has 2 rings (SSSR count). The van der Waals surface area contributed by atoms with Crippen molar-refractivity contribution in [3.63, 3.8) is 0 Å². The van der Waals surface area contributed by atoms with Crippen LogP contribution in [0.3, 0.4) is 0 Å². The number of ether oxygens (including phenoxy) is 1. The predicted molar refractivity (Wildman–Crippen MR) is 76.4 cm³/mol. The van der Waals surface area contributed by atoms with Gasteiger partial charge in [0.2, 0.25) is 6.41 Å². The number of aliphatic hydroxyl groups excluding tert-OH is 1. The van der Waals surface area contributed by atoms with Crippen LogP contribution in [0.5, 0.6) is 0 Å². The van der Waals surface area contributed by atoms with E-state index in [0.717, 1.165) is 18.4 Å².